The second-order valence-corrected chi connectivity index (χ2v) is 10.9. The Hall–Kier alpha value is -3.61. The number of aryl methyl sites for hydroxylation is 1. The number of nitrogens with zero attached hydrogens (tertiary/aromatic N) is 5. The van der Waals surface area contributed by atoms with Crippen molar-refractivity contribution in [3.8, 4) is 0 Å². The number of benzene rings is 2. The van der Waals surface area contributed by atoms with Gasteiger partial charge in [0.15, 0.2) is 12.0 Å². The summed E-state index contributed by atoms with van der Waals surface area (Å²) in [5.41, 5.74) is -1.85. The molecule has 210 valence electrons. The monoisotopic (exact) mass is 557 g/mol. The Balaban J connectivity index is 1.31. The topological polar surface area (TPSA) is 83.7 Å². The van der Waals surface area contributed by atoms with Gasteiger partial charge in [-0.15, -0.1) is 16.8 Å². The Bertz CT molecular complexity index is 1490. The molecule has 1 amide bonds. The number of likely N-dealkylation sites (tertiary alicyclic amines) is 1. The number of halogens is 4. The number of amides is 1. The first-order chi connectivity index (χ1) is 18.9. The smallest absolute Gasteiger partial charge is 0.383 e. The predicted octanol–water partition coefficient (Wildman–Crippen LogP) is 3.71. The van der Waals surface area contributed by atoms with E-state index >= 15 is 4.39 Å². The first-order valence-electron chi connectivity index (χ1n) is 12.7. The van der Waals surface area contributed by atoms with E-state index in [1.807, 2.05) is 0 Å². The summed E-state index contributed by atoms with van der Waals surface area (Å²) in [4.78, 5) is 16.6. The van der Waals surface area contributed by atoms with Crippen LogP contribution in [0.1, 0.15) is 44.6 Å². The summed E-state index contributed by atoms with van der Waals surface area (Å²) in [6, 6.07) is 9.21. The number of rotatable bonds is 7. The van der Waals surface area contributed by atoms with E-state index in [1.165, 1.54) is 27.9 Å². The lowest BCUT2D eigenvalue weighted by Crippen LogP contribution is -2.59. The average Bonchev–Trinajstić information content (AvgIpc) is 3.44. The summed E-state index contributed by atoms with van der Waals surface area (Å²) in [7, 11) is 1.64. The maximum atomic E-state index is 15.8. The molecule has 1 atom stereocenters. The lowest BCUT2D eigenvalue weighted by atomic mass is 9.74. The van der Waals surface area contributed by atoms with Crippen molar-refractivity contribution in [2.45, 2.75) is 36.5 Å². The highest BCUT2D eigenvalue weighted by molar-refractivity contribution is 6.10. The van der Waals surface area contributed by atoms with Crippen molar-refractivity contribution in [3.63, 3.8) is 0 Å². The normalized spacial score (nSPS) is 20.6. The van der Waals surface area contributed by atoms with Gasteiger partial charge in [-0.2, -0.15) is 13.2 Å². The molecule has 3 aliphatic heterocycles. The number of anilines is 1. The van der Waals surface area contributed by atoms with Gasteiger partial charge in [-0.25, -0.2) is 4.39 Å². The minimum atomic E-state index is -4.67. The van der Waals surface area contributed by atoms with Gasteiger partial charge < -0.3 is 19.3 Å². The second kappa shape index (κ2) is 9.22. The van der Waals surface area contributed by atoms with Crippen molar-refractivity contribution in [1.82, 2.24) is 19.7 Å². The summed E-state index contributed by atoms with van der Waals surface area (Å²) in [5, 5.41) is 17.8. The van der Waals surface area contributed by atoms with Gasteiger partial charge in [0.2, 0.25) is 0 Å². The molecule has 12 heteroatoms. The Morgan fingerprint density at radius 2 is 1.98 bits per heavy atom. The van der Waals surface area contributed by atoms with Gasteiger partial charge in [-0.3, -0.25) is 9.69 Å². The number of alkyl halides is 4. The Kier molecular flexibility index (Phi) is 6.13. The molecule has 2 saturated heterocycles. The molecule has 0 saturated carbocycles. The van der Waals surface area contributed by atoms with Gasteiger partial charge in [-0.05, 0) is 41.0 Å². The van der Waals surface area contributed by atoms with E-state index in [0.29, 0.717) is 16.8 Å². The lowest BCUT2D eigenvalue weighted by Gasteiger charge is -2.44. The number of hydrogen-bond acceptors (Lipinski definition) is 6. The number of carbonyl (C=O) groups is 1. The Labute approximate surface area is 227 Å². The van der Waals surface area contributed by atoms with Crippen LogP contribution >= 0.6 is 0 Å². The average molecular weight is 558 g/mol. The molecule has 0 aliphatic carbocycles. The largest absolute Gasteiger partial charge is 0.416 e. The minimum Gasteiger partial charge on any atom is -0.383 e. The summed E-state index contributed by atoms with van der Waals surface area (Å²) in [5.74, 6) is -0.427. The molecule has 1 N–H and O–H groups in total. The zero-order valence-corrected chi connectivity index (χ0v) is 21.7. The van der Waals surface area contributed by atoms with E-state index < -0.39 is 34.8 Å². The third kappa shape index (κ3) is 4.21. The second-order valence-electron chi connectivity index (χ2n) is 10.9. The van der Waals surface area contributed by atoms with Crippen molar-refractivity contribution >= 4 is 11.6 Å². The van der Waals surface area contributed by atoms with Crippen LogP contribution in [0.3, 0.4) is 0 Å². The molecule has 3 aliphatic rings. The van der Waals surface area contributed by atoms with E-state index in [1.54, 1.807) is 36.2 Å². The molecule has 40 heavy (non-hydrogen) atoms. The molecule has 4 heterocycles. The minimum absolute atomic E-state index is 0.0149. The van der Waals surface area contributed by atoms with Crippen molar-refractivity contribution in [3.05, 3.63) is 89.0 Å². The summed E-state index contributed by atoms with van der Waals surface area (Å²) < 4.78 is 65.2. The maximum Gasteiger partial charge on any atom is 0.416 e. The van der Waals surface area contributed by atoms with E-state index in [0.717, 1.165) is 6.07 Å². The highest BCUT2D eigenvalue weighted by Gasteiger charge is 2.51. The molecule has 2 aromatic carbocycles. The van der Waals surface area contributed by atoms with E-state index in [9.17, 15) is 23.1 Å². The van der Waals surface area contributed by atoms with Crippen molar-refractivity contribution < 1.29 is 32.2 Å². The molecular formula is C28H27F4N5O3. The number of β-amino-alcohol motifs (C(OH)–C–C–N with tert-alkyl or cyclic N) is 1. The fraction of sp³-hybridized carbons (Fsp3) is 0.393. The number of aliphatic hydroxyl groups is 1. The van der Waals surface area contributed by atoms with Crippen LogP contribution in [0.25, 0.3) is 0 Å². The molecule has 0 spiro atoms. The maximum absolute atomic E-state index is 15.8. The highest BCUT2D eigenvalue weighted by atomic mass is 19.4. The SMILES string of the molecule is C=CC1(O)CN(Cc2cc3c(c(C(F)(F)F)c2)CN(c2cccc(C4(C(F)c5nncn5C)COC4)c2)C3=O)C1. The van der Waals surface area contributed by atoms with Crippen LogP contribution < -0.4 is 4.90 Å². The molecule has 3 aromatic rings. The number of carbonyl (C=O) groups excluding carboxylic acids is 1. The standard InChI is InChI=1S/C28H27F4N5O3/c1-3-26(39)12-36(13-26)10-17-7-20-21(22(8-17)28(30,31)32)11-37(25(20)38)19-6-4-5-18(9-19)27(14-40-15-27)23(29)24-34-33-16-35(24)2/h3-9,16,23,39H,1,10-15H2,2H3. The summed E-state index contributed by atoms with van der Waals surface area (Å²) in [6.45, 7) is 4.12. The zero-order valence-electron chi connectivity index (χ0n) is 21.7. The summed E-state index contributed by atoms with van der Waals surface area (Å²) in [6.07, 6.45) is -3.39. The Morgan fingerprint density at radius 3 is 2.58 bits per heavy atom. The van der Waals surface area contributed by atoms with Gasteiger partial charge in [0.1, 0.15) is 11.9 Å². The van der Waals surface area contributed by atoms with Gasteiger partial charge in [-0.1, -0.05) is 18.2 Å². The zero-order chi connectivity index (χ0) is 28.4. The highest BCUT2D eigenvalue weighted by Crippen LogP contribution is 2.47. The molecule has 6 rings (SSSR count). The molecule has 0 bridgehead atoms. The number of fused-ring (bicyclic) bond motifs is 1. The van der Waals surface area contributed by atoms with Gasteiger partial charge in [0.05, 0.1) is 30.7 Å². The molecular weight excluding hydrogens is 530 g/mol. The third-order valence-electron chi connectivity index (χ3n) is 8.10. The van der Waals surface area contributed by atoms with Crippen LogP contribution in [0, 0.1) is 0 Å². The Morgan fingerprint density at radius 1 is 1.23 bits per heavy atom. The number of hydrogen-bond donors (Lipinski definition) is 1. The fourth-order valence-corrected chi connectivity index (χ4v) is 5.78. The van der Waals surface area contributed by atoms with E-state index in [-0.39, 0.29) is 56.3 Å². The molecule has 8 nitrogen and oxygen atoms in total. The number of aromatic nitrogens is 3. The van der Waals surface area contributed by atoms with E-state index in [2.05, 4.69) is 16.8 Å². The first kappa shape index (κ1) is 26.6. The molecule has 0 radical (unpaired) electrons. The van der Waals surface area contributed by atoms with Crippen LogP contribution in [0.4, 0.5) is 23.2 Å². The van der Waals surface area contributed by atoms with Gasteiger partial charge in [0, 0.05) is 37.9 Å². The van der Waals surface area contributed by atoms with Crippen LogP contribution in [0.15, 0.2) is 55.4 Å². The molecule has 2 fully saturated rings. The van der Waals surface area contributed by atoms with Gasteiger partial charge >= 0.3 is 6.18 Å². The quantitative estimate of drug-likeness (QED) is 0.353. The number of ether oxygens (including phenoxy) is 1. The molecule has 1 aromatic heterocycles. The fourth-order valence-electron chi connectivity index (χ4n) is 5.78. The lowest BCUT2D eigenvalue weighted by molar-refractivity contribution is -0.138. The summed E-state index contributed by atoms with van der Waals surface area (Å²) >= 11 is 0. The van der Waals surface area contributed by atoms with Crippen molar-refractivity contribution in [1.29, 1.82) is 0 Å². The predicted molar refractivity (Wildman–Crippen MR) is 136 cm³/mol. The van der Waals surface area contributed by atoms with Crippen LogP contribution in [0.2, 0.25) is 0 Å². The van der Waals surface area contributed by atoms with Crippen LogP contribution in [-0.4, -0.2) is 62.6 Å². The molecule has 1 unspecified atom stereocenters. The van der Waals surface area contributed by atoms with Crippen LogP contribution in [0.5, 0.6) is 0 Å². The van der Waals surface area contributed by atoms with Gasteiger partial charge in [0.25, 0.3) is 5.91 Å². The van der Waals surface area contributed by atoms with Crippen LogP contribution in [-0.2, 0) is 36.5 Å². The first-order valence-corrected chi connectivity index (χ1v) is 12.7. The van der Waals surface area contributed by atoms with Crippen molar-refractivity contribution in [2.24, 2.45) is 7.05 Å². The van der Waals surface area contributed by atoms with Crippen molar-refractivity contribution in [2.75, 3.05) is 31.2 Å². The van der Waals surface area contributed by atoms with E-state index in [4.69, 9.17) is 4.74 Å². The third-order valence-corrected chi connectivity index (χ3v) is 8.10.